The van der Waals surface area contributed by atoms with Gasteiger partial charge in [-0.2, -0.15) is 4.31 Å². The van der Waals surface area contributed by atoms with Crippen LogP contribution in [0.3, 0.4) is 0 Å². The lowest BCUT2D eigenvalue weighted by atomic mass is 9.87. The number of nitrogens with two attached hydrogens (primary N) is 1. The van der Waals surface area contributed by atoms with E-state index in [0.29, 0.717) is 12.8 Å². The second-order valence-electron chi connectivity index (χ2n) is 13.6. The van der Waals surface area contributed by atoms with Gasteiger partial charge < -0.3 is 56.0 Å². The fraction of sp³-hybridized carbons (Fsp3) is 0.531. The number of phosphoric ester groups is 3. The highest BCUT2D eigenvalue weighted by Gasteiger charge is 2.50. The molecule has 0 aromatic carbocycles. The van der Waals surface area contributed by atoms with Crippen molar-refractivity contribution in [1.29, 1.82) is 0 Å². The second-order valence-corrected chi connectivity index (χ2v) is 19.0. The summed E-state index contributed by atoms with van der Waals surface area (Å²) in [5, 5.41) is 34.8. The SMILES string of the molecule is CC(C)(COP(=O)(O)OP(=O)(O)OCC1OC(n2cnc3c(N)ncnc32)C(O)C1OP(=O)(O)O)C(O)C(=O)NCCC(=O)NCCSC(=O)C/C=C/C/C=C/C/C=C/C(=O)O. The number of thioether (sulfide) groups is 1. The highest BCUT2D eigenvalue weighted by atomic mass is 32.2. The van der Waals surface area contributed by atoms with E-state index in [0.717, 1.165) is 35.1 Å². The van der Waals surface area contributed by atoms with Crippen LogP contribution < -0.4 is 16.4 Å². The van der Waals surface area contributed by atoms with Gasteiger partial charge in [0.25, 0.3) is 0 Å². The Morgan fingerprint density at radius 1 is 0.984 bits per heavy atom. The molecule has 0 bridgehead atoms. The predicted molar refractivity (Wildman–Crippen MR) is 216 cm³/mol. The summed E-state index contributed by atoms with van der Waals surface area (Å²) in [6.45, 7) is 0.352. The van der Waals surface area contributed by atoms with Gasteiger partial charge in [0, 0.05) is 43.2 Å². The average Bonchev–Trinajstić information content (AvgIpc) is 3.73. The Hall–Kier alpha value is -3.75. The molecule has 0 radical (unpaired) electrons. The Kier molecular flexibility index (Phi) is 20.2. The maximum absolute atomic E-state index is 12.7. The summed E-state index contributed by atoms with van der Waals surface area (Å²) in [5.74, 6) is -2.26. The number of aromatic nitrogens is 4. The minimum atomic E-state index is -5.59. The first-order valence-electron chi connectivity index (χ1n) is 18.2. The zero-order chi connectivity index (χ0) is 46.3. The summed E-state index contributed by atoms with van der Waals surface area (Å²) in [5.41, 5.74) is 4.22. The number of fused-ring (bicyclic) bond motifs is 1. The van der Waals surface area contributed by atoms with Gasteiger partial charge in [-0.05, 0) is 12.8 Å². The molecular formula is C32H48N7O19P3S. The zero-order valence-electron chi connectivity index (χ0n) is 33.0. The molecule has 3 rings (SSSR count). The lowest BCUT2D eigenvalue weighted by molar-refractivity contribution is -0.137. The molecule has 30 heteroatoms. The average molecular weight is 960 g/mol. The summed E-state index contributed by atoms with van der Waals surface area (Å²) in [7, 11) is -16.4. The number of carboxylic acids is 1. The molecule has 1 fully saturated rings. The number of nitrogens with one attached hydrogen (secondary N) is 2. The van der Waals surface area contributed by atoms with E-state index in [1.165, 1.54) is 19.9 Å². The highest BCUT2D eigenvalue weighted by molar-refractivity contribution is 8.13. The van der Waals surface area contributed by atoms with Crippen molar-refractivity contribution in [3.05, 3.63) is 49.1 Å². The van der Waals surface area contributed by atoms with E-state index in [2.05, 4.69) is 34.4 Å². The van der Waals surface area contributed by atoms with Crippen molar-refractivity contribution in [2.45, 2.75) is 70.2 Å². The number of carbonyl (C=O) groups excluding carboxylic acids is 3. The number of nitrogens with zero attached hydrogens (tertiary/aromatic N) is 4. The molecule has 1 saturated heterocycles. The number of hydrogen-bond donors (Lipinski definition) is 10. The molecular weight excluding hydrogens is 911 g/mol. The molecule has 0 aliphatic carbocycles. The monoisotopic (exact) mass is 959 g/mol. The third-order valence-corrected chi connectivity index (χ3v) is 12.2. The highest BCUT2D eigenvalue weighted by Crippen LogP contribution is 2.61. The van der Waals surface area contributed by atoms with E-state index < -0.39 is 90.5 Å². The van der Waals surface area contributed by atoms with Gasteiger partial charge in [-0.15, -0.1) is 0 Å². The number of hydrogen-bond acceptors (Lipinski definition) is 19. The van der Waals surface area contributed by atoms with Gasteiger partial charge in [-0.25, -0.2) is 33.4 Å². The molecule has 1 aliphatic rings. The van der Waals surface area contributed by atoms with Gasteiger partial charge in [0.15, 0.2) is 22.8 Å². The number of aliphatic carboxylic acids is 1. The molecule has 1 aliphatic heterocycles. The normalized spacial score (nSPS) is 21.0. The van der Waals surface area contributed by atoms with E-state index >= 15 is 0 Å². The van der Waals surface area contributed by atoms with Crippen LogP contribution in [0, 0.1) is 5.41 Å². The molecule has 62 heavy (non-hydrogen) atoms. The van der Waals surface area contributed by atoms with Gasteiger partial charge in [0.2, 0.25) is 11.8 Å². The van der Waals surface area contributed by atoms with E-state index in [1.807, 2.05) is 6.08 Å². The number of phosphoric acid groups is 3. The number of anilines is 1. The predicted octanol–water partition coefficient (Wildman–Crippen LogP) is 0.588. The fourth-order valence-corrected chi connectivity index (χ4v) is 8.62. The van der Waals surface area contributed by atoms with Crippen molar-refractivity contribution in [3.63, 3.8) is 0 Å². The first-order valence-corrected chi connectivity index (χ1v) is 23.7. The van der Waals surface area contributed by atoms with Crippen LogP contribution in [0.25, 0.3) is 11.2 Å². The van der Waals surface area contributed by atoms with Crippen LogP contribution in [-0.4, -0.2) is 134 Å². The minimum absolute atomic E-state index is 0.0219. The molecule has 3 heterocycles. The first-order chi connectivity index (χ1) is 28.9. The van der Waals surface area contributed by atoms with Crippen LogP contribution >= 0.6 is 35.2 Å². The summed E-state index contributed by atoms with van der Waals surface area (Å²) < 4.78 is 62.2. The maximum atomic E-state index is 12.7. The minimum Gasteiger partial charge on any atom is -0.478 e. The van der Waals surface area contributed by atoms with E-state index in [9.17, 15) is 62.7 Å². The molecule has 7 atom stereocenters. The third-order valence-electron chi connectivity index (χ3n) is 8.19. The van der Waals surface area contributed by atoms with E-state index in [1.54, 1.807) is 18.2 Å². The van der Waals surface area contributed by atoms with Crippen molar-refractivity contribution in [3.8, 4) is 0 Å². The topological polar surface area (TPSA) is 401 Å². The Morgan fingerprint density at radius 3 is 2.32 bits per heavy atom. The number of carboxylic acid groups (broad SMARTS) is 1. The van der Waals surface area contributed by atoms with Crippen molar-refractivity contribution in [2.24, 2.45) is 5.41 Å². The number of rotatable bonds is 26. The van der Waals surface area contributed by atoms with Gasteiger partial charge >= 0.3 is 29.4 Å². The summed E-state index contributed by atoms with van der Waals surface area (Å²) >= 11 is 1.01. The van der Waals surface area contributed by atoms with Crippen LogP contribution in [0.1, 0.15) is 45.8 Å². The molecule has 7 unspecified atom stereocenters. The molecule has 0 saturated carbocycles. The smallest absolute Gasteiger partial charge is 0.478 e. The Balaban J connectivity index is 1.40. The number of ether oxygens (including phenoxy) is 1. The summed E-state index contributed by atoms with van der Waals surface area (Å²) in [4.78, 5) is 98.2. The number of aliphatic hydroxyl groups is 2. The summed E-state index contributed by atoms with van der Waals surface area (Å²) in [6, 6.07) is 0. The number of allylic oxidation sites excluding steroid dienone is 5. The van der Waals surface area contributed by atoms with Gasteiger partial charge in [0.05, 0.1) is 19.5 Å². The van der Waals surface area contributed by atoms with Crippen molar-refractivity contribution < 1.29 is 90.4 Å². The number of nitrogen functional groups attached to an aromatic ring is 1. The number of carbonyl (C=O) groups is 4. The maximum Gasteiger partial charge on any atom is 0.481 e. The van der Waals surface area contributed by atoms with Gasteiger partial charge in [-0.3, -0.25) is 32.5 Å². The van der Waals surface area contributed by atoms with Gasteiger partial charge in [0.1, 0.15) is 36.3 Å². The Bertz CT molecular complexity index is 2120. The molecule has 2 aromatic heterocycles. The molecule has 11 N–H and O–H groups in total. The Labute approximate surface area is 357 Å². The molecule has 2 aromatic rings. The first kappa shape index (κ1) is 52.6. The Morgan fingerprint density at radius 2 is 1.65 bits per heavy atom. The van der Waals surface area contributed by atoms with Crippen molar-refractivity contribution in [2.75, 3.05) is 37.8 Å². The second kappa shape index (κ2) is 23.8. The molecule has 2 amide bonds. The quantitative estimate of drug-likeness (QED) is 0.0267. The molecule has 26 nitrogen and oxygen atoms in total. The van der Waals surface area contributed by atoms with Crippen LogP contribution in [-0.2, 0) is 55.5 Å². The van der Waals surface area contributed by atoms with E-state index in [4.69, 9.17) is 24.6 Å². The number of aliphatic hydroxyl groups excluding tert-OH is 2. The molecule has 0 spiro atoms. The number of amides is 2. The fourth-order valence-electron chi connectivity index (χ4n) is 5.15. The molecule has 346 valence electrons. The van der Waals surface area contributed by atoms with Crippen LogP contribution in [0.5, 0.6) is 0 Å². The third kappa shape index (κ3) is 17.8. The van der Waals surface area contributed by atoms with Crippen LogP contribution in [0.4, 0.5) is 5.82 Å². The van der Waals surface area contributed by atoms with Crippen LogP contribution in [0.2, 0.25) is 0 Å². The van der Waals surface area contributed by atoms with Crippen molar-refractivity contribution >= 4 is 75.1 Å². The largest absolute Gasteiger partial charge is 0.481 e. The van der Waals surface area contributed by atoms with Crippen molar-refractivity contribution in [1.82, 2.24) is 30.2 Å². The lowest BCUT2D eigenvalue weighted by Gasteiger charge is -2.30. The van der Waals surface area contributed by atoms with Gasteiger partial charge in [-0.1, -0.05) is 56.0 Å². The van der Waals surface area contributed by atoms with Crippen LogP contribution in [0.15, 0.2) is 49.1 Å². The zero-order valence-corrected chi connectivity index (χ0v) is 36.5. The number of imidazole rings is 1. The van der Waals surface area contributed by atoms with E-state index in [-0.39, 0.29) is 53.8 Å². The standard InChI is InChI=1S/C32H48N7O19P3S/c1-32(2,27(45)30(46)35-13-12-21(40)34-14-15-62-23(43)11-9-7-5-3-4-6-8-10-22(41)42)17-55-61(52,53)58-60(50,51)54-16-20-26(57-59(47,48)49)25(44)31(56-20)39-19-38-24-28(33)36-18-37-29(24)39/h3-4,7-10,18-20,25-27,31,44-45H,5-6,11-17H2,1-2H3,(H,34,40)(H,35,46)(H,41,42)(H,50,51)(H,52,53)(H2,33,36,37)(H2,47,48,49)/b4-3+,9-7+,10-8+. The lowest BCUT2D eigenvalue weighted by Crippen LogP contribution is -2.46. The summed E-state index contributed by atoms with van der Waals surface area (Å²) in [6.07, 6.45) is 3.83.